The van der Waals surface area contributed by atoms with E-state index in [2.05, 4.69) is 16.1 Å². The molecule has 3 nitrogen and oxygen atoms in total. The molecule has 2 N–H and O–H groups in total. The van der Waals surface area contributed by atoms with Gasteiger partial charge >= 0.3 is 6.29 Å². The van der Waals surface area contributed by atoms with E-state index in [4.69, 9.17) is 5.73 Å². The van der Waals surface area contributed by atoms with Crippen molar-refractivity contribution in [2.24, 2.45) is 5.73 Å². The van der Waals surface area contributed by atoms with Crippen molar-refractivity contribution < 1.29 is 18.3 Å². The molecule has 0 saturated carbocycles. The normalized spacial score (nSPS) is 18.6. The molecule has 0 fully saturated rings. The van der Waals surface area contributed by atoms with E-state index < -0.39 is 12.3 Å². The minimum Gasteiger partial charge on any atom is -0.395 e. The summed E-state index contributed by atoms with van der Waals surface area (Å²) in [6.07, 6.45) is -2.17. The SMILES string of the molecule is C=CC(N)c1cccc2c1OC(F)(F)O2. The summed E-state index contributed by atoms with van der Waals surface area (Å²) in [5, 5.41) is 0. The molecule has 1 atom stereocenters. The fourth-order valence-corrected chi connectivity index (χ4v) is 1.38. The van der Waals surface area contributed by atoms with Crippen LogP contribution in [-0.2, 0) is 0 Å². The molecule has 0 saturated heterocycles. The molecule has 1 unspecified atom stereocenters. The van der Waals surface area contributed by atoms with E-state index >= 15 is 0 Å². The number of hydrogen-bond donors (Lipinski definition) is 1. The second-order valence-corrected chi connectivity index (χ2v) is 3.10. The molecule has 1 aliphatic heterocycles. The highest BCUT2D eigenvalue weighted by molar-refractivity contribution is 5.50. The van der Waals surface area contributed by atoms with Crippen LogP contribution >= 0.6 is 0 Å². The summed E-state index contributed by atoms with van der Waals surface area (Å²) in [4.78, 5) is 0. The molecule has 15 heavy (non-hydrogen) atoms. The largest absolute Gasteiger partial charge is 0.586 e. The van der Waals surface area contributed by atoms with Crippen molar-refractivity contribution in [1.82, 2.24) is 0 Å². The van der Waals surface area contributed by atoms with Crippen LogP contribution < -0.4 is 15.2 Å². The van der Waals surface area contributed by atoms with Gasteiger partial charge < -0.3 is 15.2 Å². The summed E-state index contributed by atoms with van der Waals surface area (Å²) in [6.45, 7) is 3.49. The minimum absolute atomic E-state index is 0.00481. The molecule has 0 aromatic heterocycles. The number of rotatable bonds is 2. The molecule has 1 aromatic carbocycles. The molecule has 1 aliphatic rings. The molecule has 0 aliphatic carbocycles. The zero-order valence-electron chi connectivity index (χ0n) is 7.74. The first kappa shape index (κ1) is 9.92. The van der Waals surface area contributed by atoms with Crippen LogP contribution in [0.15, 0.2) is 30.9 Å². The van der Waals surface area contributed by atoms with E-state index in [9.17, 15) is 8.78 Å². The van der Waals surface area contributed by atoms with Gasteiger partial charge in [0, 0.05) is 5.56 Å². The maximum Gasteiger partial charge on any atom is 0.586 e. The second-order valence-electron chi connectivity index (χ2n) is 3.10. The molecule has 0 spiro atoms. The third kappa shape index (κ3) is 1.66. The van der Waals surface area contributed by atoms with Gasteiger partial charge in [0.25, 0.3) is 0 Å². The first-order chi connectivity index (χ1) is 7.03. The van der Waals surface area contributed by atoms with Crippen molar-refractivity contribution in [1.29, 1.82) is 0 Å². The number of benzene rings is 1. The van der Waals surface area contributed by atoms with Gasteiger partial charge in [0.15, 0.2) is 11.5 Å². The van der Waals surface area contributed by atoms with Crippen LogP contribution in [-0.4, -0.2) is 6.29 Å². The number of para-hydroxylation sites is 1. The van der Waals surface area contributed by atoms with Crippen LogP contribution in [0.4, 0.5) is 8.78 Å². The first-order valence-electron chi connectivity index (χ1n) is 4.30. The Morgan fingerprint density at radius 3 is 2.80 bits per heavy atom. The minimum atomic E-state index is -3.61. The highest BCUT2D eigenvalue weighted by atomic mass is 19.3. The number of halogens is 2. The predicted octanol–water partition coefficient (Wildman–Crippen LogP) is 2.19. The predicted molar refractivity (Wildman–Crippen MR) is 49.8 cm³/mol. The fraction of sp³-hybridized carbons (Fsp3) is 0.200. The lowest BCUT2D eigenvalue weighted by Gasteiger charge is -2.09. The number of alkyl halides is 2. The smallest absolute Gasteiger partial charge is 0.395 e. The molecular weight excluding hydrogens is 204 g/mol. The summed E-state index contributed by atoms with van der Waals surface area (Å²) in [6, 6.07) is 4.01. The Hall–Kier alpha value is -1.62. The quantitative estimate of drug-likeness (QED) is 0.766. The van der Waals surface area contributed by atoms with E-state index in [-0.39, 0.29) is 11.5 Å². The number of ether oxygens (including phenoxy) is 2. The Bertz CT molecular complexity index is 406. The topological polar surface area (TPSA) is 44.5 Å². The Morgan fingerprint density at radius 1 is 1.40 bits per heavy atom. The summed E-state index contributed by atoms with van der Waals surface area (Å²) in [5.41, 5.74) is 6.09. The molecule has 1 heterocycles. The molecule has 0 radical (unpaired) electrons. The highest BCUT2D eigenvalue weighted by Crippen LogP contribution is 2.44. The van der Waals surface area contributed by atoms with Crippen LogP contribution in [0.2, 0.25) is 0 Å². The summed E-state index contributed by atoms with van der Waals surface area (Å²) < 4.78 is 34.2. The maximum atomic E-state index is 12.8. The molecule has 0 amide bonds. The van der Waals surface area contributed by atoms with Gasteiger partial charge in [-0.05, 0) is 6.07 Å². The van der Waals surface area contributed by atoms with Crippen LogP contribution in [0, 0.1) is 0 Å². The Labute approximate surface area is 85.1 Å². The van der Waals surface area contributed by atoms with Gasteiger partial charge in [0.1, 0.15) is 0 Å². The molecule has 0 bridgehead atoms. The summed E-state index contributed by atoms with van der Waals surface area (Å²) in [7, 11) is 0. The van der Waals surface area contributed by atoms with Crippen LogP contribution in [0.1, 0.15) is 11.6 Å². The van der Waals surface area contributed by atoms with E-state index in [1.165, 1.54) is 12.1 Å². The van der Waals surface area contributed by atoms with Gasteiger partial charge in [-0.25, -0.2) is 0 Å². The zero-order chi connectivity index (χ0) is 11.1. The van der Waals surface area contributed by atoms with Crippen molar-refractivity contribution in [2.75, 3.05) is 0 Å². The summed E-state index contributed by atoms with van der Waals surface area (Å²) >= 11 is 0. The maximum absolute atomic E-state index is 12.8. The number of hydrogen-bond acceptors (Lipinski definition) is 3. The van der Waals surface area contributed by atoms with Gasteiger partial charge in [-0.1, -0.05) is 18.2 Å². The van der Waals surface area contributed by atoms with Crippen molar-refractivity contribution in [3.63, 3.8) is 0 Å². The average Bonchev–Trinajstić information content (AvgIpc) is 2.49. The first-order valence-corrected chi connectivity index (χ1v) is 4.30. The average molecular weight is 213 g/mol. The second kappa shape index (κ2) is 3.20. The van der Waals surface area contributed by atoms with E-state index in [0.29, 0.717) is 5.56 Å². The van der Waals surface area contributed by atoms with Gasteiger partial charge in [-0.3, -0.25) is 0 Å². The number of fused-ring (bicyclic) bond motifs is 1. The molecular formula is C10H9F2NO2. The fourth-order valence-electron chi connectivity index (χ4n) is 1.38. The van der Waals surface area contributed by atoms with Gasteiger partial charge in [-0.15, -0.1) is 15.4 Å². The number of nitrogens with two attached hydrogens (primary N) is 1. The summed E-state index contributed by atoms with van der Waals surface area (Å²) in [5.74, 6) is -0.0234. The Balaban J connectivity index is 2.46. The van der Waals surface area contributed by atoms with Gasteiger partial charge in [0.05, 0.1) is 6.04 Å². The van der Waals surface area contributed by atoms with Crippen molar-refractivity contribution in [3.05, 3.63) is 36.4 Å². The van der Waals surface area contributed by atoms with Crippen LogP contribution in [0.3, 0.4) is 0 Å². The lowest BCUT2D eigenvalue weighted by atomic mass is 10.1. The highest BCUT2D eigenvalue weighted by Gasteiger charge is 2.44. The lowest BCUT2D eigenvalue weighted by Crippen LogP contribution is -2.26. The van der Waals surface area contributed by atoms with E-state index in [1.807, 2.05) is 0 Å². The Kier molecular flexibility index (Phi) is 2.12. The standard InChI is InChI=1S/C10H9F2NO2/c1-2-7(13)6-4-3-5-8-9(6)15-10(11,12)14-8/h2-5,7H,1,13H2. The molecule has 1 aromatic rings. The van der Waals surface area contributed by atoms with Gasteiger partial charge in [0.2, 0.25) is 0 Å². The molecule has 2 rings (SSSR count). The Morgan fingerprint density at radius 2 is 2.13 bits per heavy atom. The van der Waals surface area contributed by atoms with Crippen molar-refractivity contribution in [2.45, 2.75) is 12.3 Å². The third-order valence-corrected chi connectivity index (χ3v) is 2.07. The molecule has 5 heteroatoms. The lowest BCUT2D eigenvalue weighted by molar-refractivity contribution is -0.286. The van der Waals surface area contributed by atoms with E-state index in [1.54, 1.807) is 12.1 Å². The monoisotopic (exact) mass is 213 g/mol. The van der Waals surface area contributed by atoms with E-state index in [0.717, 1.165) is 0 Å². The van der Waals surface area contributed by atoms with Crippen LogP contribution in [0.5, 0.6) is 11.5 Å². The van der Waals surface area contributed by atoms with Gasteiger partial charge in [-0.2, -0.15) is 0 Å². The van der Waals surface area contributed by atoms with Crippen molar-refractivity contribution >= 4 is 0 Å². The molecule has 80 valence electrons. The zero-order valence-corrected chi connectivity index (χ0v) is 7.74. The van der Waals surface area contributed by atoms with Crippen molar-refractivity contribution in [3.8, 4) is 11.5 Å². The third-order valence-electron chi connectivity index (χ3n) is 2.07. The van der Waals surface area contributed by atoms with Crippen LogP contribution in [0.25, 0.3) is 0 Å².